The van der Waals surface area contributed by atoms with Crippen LogP contribution in [0.1, 0.15) is 24.4 Å². The van der Waals surface area contributed by atoms with Crippen LogP contribution in [-0.2, 0) is 4.79 Å². The first-order chi connectivity index (χ1) is 12.0. The highest BCUT2D eigenvalue weighted by atomic mass is 32.1. The van der Waals surface area contributed by atoms with Gasteiger partial charge in [-0.3, -0.25) is 14.5 Å². The van der Waals surface area contributed by atoms with E-state index in [0.717, 1.165) is 10.2 Å². The molecule has 1 atom stereocenters. The van der Waals surface area contributed by atoms with E-state index in [-0.39, 0.29) is 17.6 Å². The van der Waals surface area contributed by atoms with E-state index in [1.807, 2.05) is 38.1 Å². The number of likely N-dealkylation sites (N-methyl/N-ethyl adjacent to an activating group) is 1. The predicted molar refractivity (Wildman–Crippen MR) is 97.8 cm³/mol. The Morgan fingerprint density at radius 2 is 1.96 bits per heavy atom. The quantitative estimate of drug-likeness (QED) is 0.760. The van der Waals surface area contributed by atoms with Crippen molar-refractivity contribution < 1.29 is 14.0 Å². The molecule has 1 aromatic carbocycles. The molecule has 3 aromatic rings. The molecule has 0 saturated heterocycles. The number of benzene rings is 1. The van der Waals surface area contributed by atoms with E-state index in [1.165, 1.54) is 22.5 Å². The number of hydrogen-bond donors (Lipinski definition) is 1. The third kappa shape index (κ3) is 3.56. The Bertz CT molecular complexity index is 853. The van der Waals surface area contributed by atoms with Crippen molar-refractivity contribution in [3.05, 3.63) is 48.4 Å². The first-order valence-electron chi connectivity index (χ1n) is 7.95. The highest BCUT2D eigenvalue weighted by Crippen LogP contribution is 2.28. The van der Waals surface area contributed by atoms with Crippen molar-refractivity contribution in [3.8, 4) is 0 Å². The van der Waals surface area contributed by atoms with Crippen molar-refractivity contribution in [1.82, 2.24) is 10.3 Å². The molecule has 0 bridgehead atoms. The van der Waals surface area contributed by atoms with Gasteiger partial charge in [0, 0.05) is 7.05 Å². The summed E-state index contributed by atoms with van der Waals surface area (Å²) in [4.78, 5) is 31.1. The van der Waals surface area contributed by atoms with Crippen LogP contribution in [-0.4, -0.2) is 29.9 Å². The third-order valence-electron chi connectivity index (χ3n) is 3.86. The average Bonchev–Trinajstić information content (AvgIpc) is 3.26. The number of thiazole rings is 1. The number of nitrogens with zero attached hydrogens (tertiary/aromatic N) is 2. The zero-order chi connectivity index (χ0) is 18.0. The lowest BCUT2D eigenvalue weighted by atomic mass is 10.0. The number of carbonyl (C=O) groups excluding carboxylic acids is 2. The van der Waals surface area contributed by atoms with E-state index in [9.17, 15) is 9.59 Å². The van der Waals surface area contributed by atoms with Crippen molar-refractivity contribution in [2.75, 3.05) is 11.9 Å². The van der Waals surface area contributed by atoms with Crippen LogP contribution in [0.15, 0.2) is 47.1 Å². The average molecular weight is 357 g/mol. The first kappa shape index (κ1) is 17.2. The minimum Gasteiger partial charge on any atom is -0.459 e. The highest BCUT2D eigenvalue weighted by molar-refractivity contribution is 7.22. The summed E-state index contributed by atoms with van der Waals surface area (Å²) in [7, 11) is 1.68. The van der Waals surface area contributed by atoms with Gasteiger partial charge in [-0.15, -0.1) is 0 Å². The lowest BCUT2D eigenvalue weighted by molar-refractivity contribution is -0.121. The highest BCUT2D eigenvalue weighted by Gasteiger charge is 2.29. The minimum absolute atomic E-state index is 0.0803. The Hall–Kier alpha value is -2.67. The first-order valence-corrected chi connectivity index (χ1v) is 8.76. The van der Waals surface area contributed by atoms with Crippen LogP contribution >= 0.6 is 11.3 Å². The molecule has 0 aliphatic rings. The number of anilines is 1. The molecule has 0 saturated carbocycles. The van der Waals surface area contributed by atoms with E-state index < -0.39 is 11.9 Å². The Kier molecular flexibility index (Phi) is 4.85. The number of rotatable bonds is 5. The summed E-state index contributed by atoms with van der Waals surface area (Å²) in [5, 5.41) is 3.36. The summed E-state index contributed by atoms with van der Waals surface area (Å²) >= 11 is 1.44. The molecular weight excluding hydrogens is 338 g/mol. The van der Waals surface area contributed by atoms with Gasteiger partial charge in [0.05, 0.1) is 16.5 Å². The van der Waals surface area contributed by atoms with Crippen LogP contribution in [0.2, 0.25) is 0 Å². The normalized spacial score (nSPS) is 12.3. The second-order valence-corrected chi connectivity index (χ2v) is 7.04. The molecular formula is C18H19N3O3S. The minimum atomic E-state index is -0.672. The Balaban J connectivity index is 1.80. The molecule has 130 valence electrons. The van der Waals surface area contributed by atoms with Gasteiger partial charge in [-0.1, -0.05) is 37.3 Å². The monoisotopic (exact) mass is 357 g/mol. The predicted octanol–water partition coefficient (Wildman–Crippen LogP) is 3.31. The molecule has 3 rings (SSSR count). The van der Waals surface area contributed by atoms with Crippen molar-refractivity contribution in [2.24, 2.45) is 5.92 Å². The maximum absolute atomic E-state index is 12.9. The zero-order valence-electron chi connectivity index (χ0n) is 14.2. The number of amides is 2. The number of furan rings is 1. The SMILES string of the molecule is CC(C)C(NC(=O)c1ccco1)C(=O)N(C)c1nc2ccccc2s1. The van der Waals surface area contributed by atoms with Crippen molar-refractivity contribution in [1.29, 1.82) is 0 Å². The Morgan fingerprint density at radius 3 is 2.60 bits per heavy atom. The lowest BCUT2D eigenvalue weighted by Gasteiger charge is -2.25. The van der Waals surface area contributed by atoms with E-state index >= 15 is 0 Å². The van der Waals surface area contributed by atoms with E-state index in [1.54, 1.807) is 19.2 Å². The molecule has 0 spiro atoms. The van der Waals surface area contributed by atoms with Gasteiger partial charge in [-0.25, -0.2) is 4.98 Å². The maximum atomic E-state index is 12.9. The summed E-state index contributed by atoms with van der Waals surface area (Å²) in [6, 6.07) is 10.2. The molecule has 25 heavy (non-hydrogen) atoms. The van der Waals surface area contributed by atoms with E-state index in [2.05, 4.69) is 10.3 Å². The second kappa shape index (κ2) is 7.06. The molecule has 0 aliphatic heterocycles. The van der Waals surface area contributed by atoms with Crippen LogP contribution in [0.5, 0.6) is 0 Å². The number of hydrogen-bond acceptors (Lipinski definition) is 5. The summed E-state index contributed by atoms with van der Waals surface area (Å²) in [5.74, 6) is -0.520. The van der Waals surface area contributed by atoms with Crippen LogP contribution in [0.3, 0.4) is 0 Å². The maximum Gasteiger partial charge on any atom is 0.287 e. The van der Waals surface area contributed by atoms with Crippen LogP contribution in [0.25, 0.3) is 10.2 Å². The third-order valence-corrected chi connectivity index (χ3v) is 4.98. The van der Waals surface area contributed by atoms with Gasteiger partial charge in [0.2, 0.25) is 0 Å². The topological polar surface area (TPSA) is 75.4 Å². The van der Waals surface area contributed by atoms with Gasteiger partial charge in [-0.05, 0) is 30.2 Å². The molecule has 7 heteroatoms. The standard InChI is InChI=1S/C18H19N3O3S/c1-11(2)15(20-16(22)13-8-6-10-24-13)17(23)21(3)18-19-12-7-4-5-9-14(12)25-18/h4-11,15H,1-3H3,(H,20,22). The van der Waals surface area contributed by atoms with E-state index in [0.29, 0.717) is 5.13 Å². The summed E-state index contributed by atoms with van der Waals surface area (Å²) in [6.07, 6.45) is 1.42. The number of carbonyl (C=O) groups is 2. The molecule has 1 N–H and O–H groups in total. The van der Waals surface area contributed by atoms with Crippen molar-refractivity contribution >= 4 is 38.5 Å². The van der Waals surface area contributed by atoms with Gasteiger partial charge in [0.1, 0.15) is 6.04 Å². The van der Waals surface area contributed by atoms with Crippen molar-refractivity contribution in [2.45, 2.75) is 19.9 Å². The number of aromatic nitrogens is 1. The van der Waals surface area contributed by atoms with Crippen LogP contribution < -0.4 is 10.2 Å². The van der Waals surface area contributed by atoms with Crippen LogP contribution in [0, 0.1) is 5.92 Å². The van der Waals surface area contributed by atoms with Gasteiger partial charge in [-0.2, -0.15) is 0 Å². The lowest BCUT2D eigenvalue weighted by Crippen LogP contribution is -2.50. The molecule has 2 amide bonds. The van der Waals surface area contributed by atoms with Crippen molar-refractivity contribution in [3.63, 3.8) is 0 Å². The molecule has 2 aromatic heterocycles. The number of para-hydroxylation sites is 1. The zero-order valence-corrected chi connectivity index (χ0v) is 15.0. The number of fused-ring (bicyclic) bond motifs is 1. The molecule has 6 nitrogen and oxygen atoms in total. The second-order valence-electron chi connectivity index (χ2n) is 6.03. The molecule has 0 aliphatic carbocycles. The van der Waals surface area contributed by atoms with Gasteiger partial charge in [0.25, 0.3) is 11.8 Å². The Labute approximate surface area is 149 Å². The van der Waals surface area contributed by atoms with Gasteiger partial charge < -0.3 is 9.73 Å². The summed E-state index contributed by atoms with van der Waals surface area (Å²) in [5.41, 5.74) is 0.850. The molecule has 0 fully saturated rings. The summed E-state index contributed by atoms with van der Waals surface area (Å²) in [6.45, 7) is 3.77. The fourth-order valence-corrected chi connectivity index (χ4v) is 3.37. The largest absolute Gasteiger partial charge is 0.459 e. The summed E-state index contributed by atoms with van der Waals surface area (Å²) < 4.78 is 6.11. The fraction of sp³-hybridized carbons (Fsp3) is 0.278. The Morgan fingerprint density at radius 1 is 1.20 bits per heavy atom. The van der Waals surface area contributed by atoms with Gasteiger partial charge in [0.15, 0.2) is 10.9 Å². The molecule has 1 unspecified atom stereocenters. The molecule has 0 radical (unpaired) electrons. The smallest absolute Gasteiger partial charge is 0.287 e. The fourth-order valence-electron chi connectivity index (χ4n) is 2.44. The van der Waals surface area contributed by atoms with Crippen LogP contribution in [0.4, 0.5) is 5.13 Å². The van der Waals surface area contributed by atoms with E-state index in [4.69, 9.17) is 4.42 Å². The van der Waals surface area contributed by atoms with Gasteiger partial charge >= 0.3 is 0 Å². The molecule has 2 heterocycles. The number of nitrogens with one attached hydrogen (secondary N) is 1.